The second-order valence-electron chi connectivity index (χ2n) is 3.68. The number of carbonyl (C=O) groups is 1. The van der Waals surface area contributed by atoms with Gasteiger partial charge in [-0.1, -0.05) is 18.2 Å². The third kappa shape index (κ3) is 2.83. The summed E-state index contributed by atoms with van der Waals surface area (Å²) in [6, 6.07) is 12.2. The third-order valence-corrected chi connectivity index (χ3v) is 2.36. The van der Waals surface area contributed by atoms with E-state index in [-0.39, 0.29) is 5.69 Å². The summed E-state index contributed by atoms with van der Waals surface area (Å²) < 4.78 is 5.51. The molecule has 1 heterocycles. The molecule has 0 aliphatic rings. The Bertz CT molecular complexity index is 552. The van der Waals surface area contributed by atoms with E-state index < -0.39 is 5.91 Å². The molecule has 0 bridgehead atoms. The van der Waals surface area contributed by atoms with Crippen LogP contribution >= 0.6 is 0 Å². The molecule has 2 aromatic rings. The summed E-state index contributed by atoms with van der Waals surface area (Å²) in [4.78, 5) is 15.0. The lowest BCUT2D eigenvalue weighted by atomic mass is 10.2. The van der Waals surface area contributed by atoms with E-state index in [2.05, 4.69) is 4.98 Å². The van der Waals surface area contributed by atoms with Crippen molar-refractivity contribution in [1.82, 2.24) is 4.98 Å². The number of nitrogens with two attached hydrogens (primary N) is 2. The molecule has 2 rings (SSSR count). The van der Waals surface area contributed by atoms with E-state index in [0.29, 0.717) is 18.2 Å². The monoisotopic (exact) mass is 243 g/mol. The fourth-order valence-electron chi connectivity index (χ4n) is 1.42. The third-order valence-electron chi connectivity index (χ3n) is 2.36. The first-order valence-electron chi connectivity index (χ1n) is 5.43. The number of amides is 1. The molecule has 0 spiro atoms. The summed E-state index contributed by atoms with van der Waals surface area (Å²) in [5.41, 5.74) is 11.8. The Balaban J connectivity index is 2.17. The Kier molecular flexibility index (Phi) is 3.54. The van der Waals surface area contributed by atoms with Gasteiger partial charge in [-0.3, -0.25) is 4.79 Å². The maximum atomic E-state index is 11.0. The summed E-state index contributed by atoms with van der Waals surface area (Å²) in [5.74, 6) is 0.368. The lowest BCUT2D eigenvalue weighted by molar-refractivity contribution is 0.0995. The van der Waals surface area contributed by atoms with Crippen LogP contribution in [0.25, 0.3) is 0 Å². The Labute approximate surface area is 104 Å². The molecule has 5 heteroatoms. The van der Waals surface area contributed by atoms with Gasteiger partial charge in [0.2, 0.25) is 5.88 Å². The van der Waals surface area contributed by atoms with Gasteiger partial charge < -0.3 is 16.2 Å². The highest BCUT2D eigenvalue weighted by molar-refractivity contribution is 5.90. The van der Waals surface area contributed by atoms with Crippen LogP contribution in [0.4, 0.5) is 0 Å². The fraction of sp³-hybridized carbons (Fsp3) is 0.0769. The molecule has 4 N–H and O–H groups in total. The molecule has 0 atom stereocenters. The maximum Gasteiger partial charge on any atom is 0.267 e. The molecule has 0 saturated heterocycles. The summed E-state index contributed by atoms with van der Waals surface area (Å²) in [7, 11) is 0. The largest absolute Gasteiger partial charge is 0.439 e. The predicted molar refractivity (Wildman–Crippen MR) is 67.2 cm³/mol. The summed E-state index contributed by atoms with van der Waals surface area (Å²) in [5, 5.41) is 0. The maximum absolute atomic E-state index is 11.0. The molecule has 0 unspecified atom stereocenters. The van der Waals surface area contributed by atoms with E-state index in [1.54, 1.807) is 24.3 Å². The van der Waals surface area contributed by atoms with E-state index in [4.69, 9.17) is 16.2 Å². The Morgan fingerprint density at radius 1 is 1.17 bits per heavy atom. The number of hydrogen-bond donors (Lipinski definition) is 2. The molecule has 0 aliphatic carbocycles. The van der Waals surface area contributed by atoms with Crippen molar-refractivity contribution in [3.05, 3.63) is 53.7 Å². The lowest BCUT2D eigenvalue weighted by Gasteiger charge is -2.06. The van der Waals surface area contributed by atoms with Crippen molar-refractivity contribution in [2.45, 2.75) is 6.54 Å². The molecule has 92 valence electrons. The minimum Gasteiger partial charge on any atom is -0.439 e. The molecule has 5 nitrogen and oxygen atoms in total. The van der Waals surface area contributed by atoms with Crippen LogP contribution in [-0.2, 0) is 6.54 Å². The molecule has 1 aromatic carbocycles. The number of ether oxygens (including phenoxy) is 1. The van der Waals surface area contributed by atoms with Gasteiger partial charge in [-0.2, -0.15) is 0 Å². The molecular formula is C13H13N3O2. The van der Waals surface area contributed by atoms with Crippen LogP contribution in [-0.4, -0.2) is 10.9 Å². The van der Waals surface area contributed by atoms with Crippen molar-refractivity contribution in [3.8, 4) is 11.6 Å². The van der Waals surface area contributed by atoms with Crippen molar-refractivity contribution in [2.75, 3.05) is 0 Å². The van der Waals surface area contributed by atoms with E-state index in [1.165, 1.54) is 6.07 Å². The quantitative estimate of drug-likeness (QED) is 0.849. The summed E-state index contributed by atoms with van der Waals surface area (Å²) in [6.45, 7) is 0.482. The van der Waals surface area contributed by atoms with Crippen molar-refractivity contribution < 1.29 is 9.53 Å². The van der Waals surface area contributed by atoms with Crippen LogP contribution in [0.5, 0.6) is 11.6 Å². The first-order chi connectivity index (χ1) is 8.69. The normalized spacial score (nSPS) is 10.1. The van der Waals surface area contributed by atoms with Gasteiger partial charge in [0, 0.05) is 12.6 Å². The zero-order chi connectivity index (χ0) is 13.0. The van der Waals surface area contributed by atoms with Crippen LogP contribution in [0, 0.1) is 0 Å². The standard InChI is InChI=1S/C13H13N3O2/c14-8-9-4-6-10(7-5-9)18-12-3-1-2-11(16-12)13(15)17/h1-7H,8,14H2,(H2,15,17). The first-order valence-corrected chi connectivity index (χ1v) is 5.43. The summed E-state index contributed by atoms with van der Waals surface area (Å²) >= 11 is 0. The zero-order valence-electron chi connectivity index (χ0n) is 9.67. The van der Waals surface area contributed by atoms with Gasteiger partial charge in [0.15, 0.2) is 0 Å². The number of rotatable bonds is 4. The topological polar surface area (TPSA) is 91.2 Å². The number of aromatic nitrogens is 1. The average Bonchev–Trinajstić information content (AvgIpc) is 2.40. The van der Waals surface area contributed by atoms with Gasteiger partial charge in [-0.25, -0.2) is 4.98 Å². The highest BCUT2D eigenvalue weighted by Crippen LogP contribution is 2.19. The SMILES string of the molecule is NCc1ccc(Oc2cccc(C(N)=O)n2)cc1. The van der Waals surface area contributed by atoms with Crippen molar-refractivity contribution in [3.63, 3.8) is 0 Å². The van der Waals surface area contributed by atoms with Crippen LogP contribution in [0.3, 0.4) is 0 Å². The van der Waals surface area contributed by atoms with Crippen LogP contribution in [0.1, 0.15) is 16.1 Å². The number of primary amides is 1. The van der Waals surface area contributed by atoms with E-state index in [9.17, 15) is 4.79 Å². The van der Waals surface area contributed by atoms with Gasteiger partial charge in [-0.05, 0) is 23.8 Å². The number of pyridine rings is 1. The van der Waals surface area contributed by atoms with Crippen molar-refractivity contribution >= 4 is 5.91 Å². The molecule has 0 fully saturated rings. The van der Waals surface area contributed by atoms with Gasteiger partial charge in [0.05, 0.1) is 0 Å². The van der Waals surface area contributed by atoms with Gasteiger partial charge in [-0.15, -0.1) is 0 Å². The average molecular weight is 243 g/mol. The van der Waals surface area contributed by atoms with E-state index in [0.717, 1.165) is 5.56 Å². The molecule has 0 saturated carbocycles. The number of hydrogen-bond acceptors (Lipinski definition) is 4. The van der Waals surface area contributed by atoms with Gasteiger partial charge in [0.25, 0.3) is 5.91 Å². The molecular weight excluding hydrogens is 230 g/mol. The van der Waals surface area contributed by atoms with Crippen molar-refractivity contribution in [1.29, 1.82) is 0 Å². The Morgan fingerprint density at radius 2 is 1.89 bits per heavy atom. The second-order valence-corrected chi connectivity index (χ2v) is 3.68. The lowest BCUT2D eigenvalue weighted by Crippen LogP contribution is -2.12. The van der Waals surface area contributed by atoms with Gasteiger partial charge >= 0.3 is 0 Å². The number of benzene rings is 1. The molecule has 1 aromatic heterocycles. The first kappa shape index (κ1) is 12.1. The molecule has 18 heavy (non-hydrogen) atoms. The predicted octanol–water partition coefficient (Wildman–Crippen LogP) is 1.43. The fourth-order valence-corrected chi connectivity index (χ4v) is 1.42. The molecule has 0 radical (unpaired) electrons. The Morgan fingerprint density at radius 3 is 2.50 bits per heavy atom. The highest BCUT2D eigenvalue weighted by Gasteiger charge is 2.04. The van der Waals surface area contributed by atoms with Crippen molar-refractivity contribution in [2.24, 2.45) is 11.5 Å². The minimum absolute atomic E-state index is 0.172. The second kappa shape index (κ2) is 5.29. The highest BCUT2D eigenvalue weighted by atomic mass is 16.5. The molecule has 0 aliphatic heterocycles. The summed E-state index contributed by atoms with van der Waals surface area (Å²) in [6.07, 6.45) is 0. The van der Waals surface area contributed by atoms with Crippen LogP contribution in [0.2, 0.25) is 0 Å². The van der Waals surface area contributed by atoms with E-state index >= 15 is 0 Å². The zero-order valence-corrected chi connectivity index (χ0v) is 9.67. The number of carbonyl (C=O) groups excluding carboxylic acids is 1. The Hall–Kier alpha value is -2.40. The van der Waals surface area contributed by atoms with Crippen LogP contribution < -0.4 is 16.2 Å². The number of nitrogens with zero attached hydrogens (tertiary/aromatic N) is 1. The van der Waals surface area contributed by atoms with Gasteiger partial charge in [0.1, 0.15) is 11.4 Å². The van der Waals surface area contributed by atoms with E-state index in [1.807, 2.05) is 12.1 Å². The smallest absolute Gasteiger partial charge is 0.267 e. The van der Waals surface area contributed by atoms with Crippen LogP contribution in [0.15, 0.2) is 42.5 Å². The minimum atomic E-state index is -0.584. The molecule has 1 amide bonds.